The van der Waals surface area contributed by atoms with Crippen LogP contribution in [0.15, 0.2) is 49.6 Å². The second-order valence-electron chi connectivity index (χ2n) is 5.56. The Morgan fingerprint density at radius 2 is 1.70 bits per heavy atom. The van der Waals surface area contributed by atoms with Crippen LogP contribution in [-0.2, 0) is 13.1 Å². The van der Waals surface area contributed by atoms with Crippen molar-refractivity contribution in [2.45, 2.75) is 26.9 Å². The molecule has 0 saturated heterocycles. The minimum absolute atomic E-state index is 0.681. The van der Waals surface area contributed by atoms with Crippen molar-refractivity contribution in [2.24, 2.45) is 5.92 Å². The Balaban J connectivity index is 2.67. The van der Waals surface area contributed by atoms with E-state index in [1.807, 2.05) is 12.2 Å². The minimum Gasteiger partial charge on any atom is -0.312 e. The van der Waals surface area contributed by atoms with Gasteiger partial charge in [0.2, 0.25) is 0 Å². The Hall–Kier alpha value is -1.38. The van der Waals surface area contributed by atoms with E-state index in [9.17, 15) is 0 Å². The third-order valence-corrected chi connectivity index (χ3v) is 3.15. The normalized spacial score (nSPS) is 11.0. The van der Waals surface area contributed by atoms with Crippen LogP contribution in [-0.4, -0.2) is 24.5 Å². The second kappa shape index (κ2) is 9.51. The van der Waals surface area contributed by atoms with E-state index >= 15 is 0 Å². The summed E-state index contributed by atoms with van der Waals surface area (Å²) in [5.74, 6) is 0.681. The van der Waals surface area contributed by atoms with Gasteiger partial charge in [-0.1, -0.05) is 50.3 Å². The molecule has 0 saturated carbocycles. The van der Waals surface area contributed by atoms with Gasteiger partial charge in [-0.2, -0.15) is 0 Å². The third-order valence-electron chi connectivity index (χ3n) is 3.15. The molecule has 1 aromatic carbocycles. The summed E-state index contributed by atoms with van der Waals surface area (Å²) in [6.07, 6.45) is 3.90. The molecule has 0 aliphatic rings. The first kappa shape index (κ1) is 16.7. The topological polar surface area (TPSA) is 15.3 Å². The fourth-order valence-electron chi connectivity index (χ4n) is 2.19. The lowest BCUT2D eigenvalue weighted by atomic mass is 10.1. The van der Waals surface area contributed by atoms with E-state index in [4.69, 9.17) is 0 Å². The summed E-state index contributed by atoms with van der Waals surface area (Å²) < 4.78 is 0. The molecule has 0 aliphatic heterocycles. The Kier molecular flexibility index (Phi) is 7.93. The molecule has 0 atom stereocenters. The highest BCUT2D eigenvalue weighted by molar-refractivity contribution is 5.27. The number of rotatable bonds is 10. The van der Waals surface area contributed by atoms with Crippen LogP contribution in [0.2, 0.25) is 0 Å². The van der Waals surface area contributed by atoms with Crippen molar-refractivity contribution < 1.29 is 0 Å². The van der Waals surface area contributed by atoms with Crippen LogP contribution in [0.25, 0.3) is 0 Å². The summed E-state index contributed by atoms with van der Waals surface area (Å²) in [4.78, 5) is 2.33. The molecule has 1 aromatic rings. The van der Waals surface area contributed by atoms with Gasteiger partial charge in [0.25, 0.3) is 0 Å². The van der Waals surface area contributed by atoms with E-state index in [0.29, 0.717) is 5.92 Å². The molecule has 110 valence electrons. The summed E-state index contributed by atoms with van der Waals surface area (Å²) in [5.41, 5.74) is 2.76. The lowest BCUT2D eigenvalue weighted by molar-refractivity contribution is 0.326. The van der Waals surface area contributed by atoms with Crippen LogP contribution in [0, 0.1) is 5.92 Å². The van der Waals surface area contributed by atoms with E-state index in [1.165, 1.54) is 11.1 Å². The molecule has 0 amide bonds. The molecular weight excluding hydrogens is 244 g/mol. The predicted octanol–water partition coefficient (Wildman–Crippen LogP) is 3.61. The Morgan fingerprint density at radius 3 is 2.25 bits per heavy atom. The molecule has 2 heteroatoms. The zero-order chi connectivity index (χ0) is 14.8. The first-order valence-electron chi connectivity index (χ1n) is 7.39. The molecular formula is C18H28N2. The van der Waals surface area contributed by atoms with Crippen molar-refractivity contribution in [3.05, 3.63) is 60.7 Å². The molecule has 0 spiro atoms. The SMILES string of the molecule is C=CCN(CC=C)Cc1ccccc1CNCC(C)C. The quantitative estimate of drug-likeness (QED) is 0.655. The van der Waals surface area contributed by atoms with Gasteiger partial charge in [-0.3, -0.25) is 4.90 Å². The van der Waals surface area contributed by atoms with Crippen LogP contribution in [0.1, 0.15) is 25.0 Å². The summed E-state index contributed by atoms with van der Waals surface area (Å²) in [6.45, 7) is 16.8. The molecule has 0 bridgehead atoms. The second-order valence-corrected chi connectivity index (χ2v) is 5.56. The van der Waals surface area contributed by atoms with Gasteiger partial charge >= 0.3 is 0 Å². The van der Waals surface area contributed by atoms with Crippen LogP contribution >= 0.6 is 0 Å². The molecule has 1 N–H and O–H groups in total. The van der Waals surface area contributed by atoms with Gasteiger partial charge in [-0.25, -0.2) is 0 Å². The third kappa shape index (κ3) is 6.18. The van der Waals surface area contributed by atoms with Gasteiger partial charge < -0.3 is 5.32 Å². The highest BCUT2D eigenvalue weighted by atomic mass is 15.1. The van der Waals surface area contributed by atoms with Crippen LogP contribution in [0.3, 0.4) is 0 Å². The van der Waals surface area contributed by atoms with Gasteiger partial charge in [-0.15, -0.1) is 13.2 Å². The Labute approximate surface area is 124 Å². The monoisotopic (exact) mass is 272 g/mol. The minimum atomic E-state index is 0.681. The number of nitrogens with zero attached hydrogens (tertiary/aromatic N) is 1. The van der Waals surface area contributed by atoms with Crippen LogP contribution in [0.5, 0.6) is 0 Å². The fraction of sp³-hybridized carbons (Fsp3) is 0.444. The molecule has 20 heavy (non-hydrogen) atoms. The smallest absolute Gasteiger partial charge is 0.0243 e. The maximum Gasteiger partial charge on any atom is 0.0243 e. The summed E-state index contributed by atoms with van der Waals surface area (Å²) in [5, 5.41) is 3.52. The summed E-state index contributed by atoms with van der Waals surface area (Å²) in [7, 11) is 0. The van der Waals surface area contributed by atoms with Crippen molar-refractivity contribution in [3.63, 3.8) is 0 Å². The predicted molar refractivity (Wildman–Crippen MR) is 88.7 cm³/mol. The van der Waals surface area contributed by atoms with Gasteiger partial charge in [0.1, 0.15) is 0 Å². The number of benzene rings is 1. The van der Waals surface area contributed by atoms with Gasteiger partial charge in [-0.05, 0) is 23.6 Å². The molecule has 0 heterocycles. The van der Waals surface area contributed by atoms with Crippen molar-refractivity contribution >= 4 is 0 Å². The number of hydrogen-bond donors (Lipinski definition) is 1. The van der Waals surface area contributed by atoms with E-state index in [0.717, 1.165) is 32.7 Å². The van der Waals surface area contributed by atoms with Crippen molar-refractivity contribution in [1.82, 2.24) is 10.2 Å². The zero-order valence-electron chi connectivity index (χ0n) is 12.9. The molecule has 0 radical (unpaired) electrons. The van der Waals surface area contributed by atoms with Gasteiger partial charge in [0, 0.05) is 26.2 Å². The Morgan fingerprint density at radius 1 is 1.10 bits per heavy atom. The molecule has 0 aromatic heterocycles. The number of hydrogen-bond acceptors (Lipinski definition) is 2. The average Bonchev–Trinajstić information content (AvgIpc) is 2.41. The fourth-order valence-corrected chi connectivity index (χ4v) is 2.19. The first-order valence-corrected chi connectivity index (χ1v) is 7.39. The van der Waals surface area contributed by atoms with E-state index in [2.05, 4.69) is 61.5 Å². The zero-order valence-corrected chi connectivity index (χ0v) is 12.9. The van der Waals surface area contributed by atoms with Crippen molar-refractivity contribution in [3.8, 4) is 0 Å². The number of nitrogens with one attached hydrogen (secondary N) is 1. The molecule has 2 nitrogen and oxygen atoms in total. The van der Waals surface area contributed by atoms with Gasteiger partial charge in [0.05, 0.1) is 0 Å². The standard InChI is InChI=1S/C18H28N2/c1-5-11-20(12-6-2)15-18-10-8-7-9-17(18)14-19-13-16(3)4/h5-10,16,19H,1-2,11-15H2,3-4H3. The van der Waals surface area contributed by atoms with Crippen molar-refractivity contribution in [1.29, 1.82) is 0 Å². The Bertz CT molecular complexity index is 400. The first-order chi connectivity index (χ1) is 9.67. The van der Waals surface area contributed by atoms with Gasteiger partial charge in [0.15, 0.2) is 0 Å². The average molecular weight is 272 g/mol. The van der Waals surface area contributed by atoms with Crippen LogP contribution < -0.4 is 5.32 Å². The maximum atomic E-state index is 3.83. The van der Waals surface area contributed by atoms with E-state index in [-0.39, 0.29) is 0 Å². The van der Waals surface area contributed by atoms with Crippen molar-refractivity contribution in [2.75, 3.05) is 19.6 Å². The van der Waals surface area contributed by atoms with E-state index in [1.54, 1.807) is 0 Å². The van der Waals surface area contributed by atoms with E-state index < -0.39 is 0 Å². The molecule has 0 unspecified atom stereocenters. The van der Waals surface area contributed by atoms with Crippen LogP contribution in [0.4, 0.5) is 0 Å². The molecule has 1 rings (SSSR count). The molecule has 0 fully saturated rings. The maximum absolute atomic E-state index is 3.83. The summed E-state index contributed by atoms with van der Waals surface area (Å²) in [6, 6.07) is 8.65. The largest absolute Gasteiger partial charge is 0.312 e. The lowest BCUT2D eigenvalue weighted by Gasteiger charge is -2.21. The highest BCUT2D eigenvalue weighted by Gasteiger charge is 2.06. The summed E-state index contributed by atoms with van der Waals surface area (Å²) >= 11 is 0. The molecule has 0 aliphatic carbocycles. The lowest BCUT2D eigenvalue weighted by Crippen LogP contribution is -2.25. The highest BCUT2D eigenvalue weighted by Crippen LogP contribution is 2.12.